The summed E-state index contributed by atoms with van der Waals surface area (Å²) in [6, 6.07) is 10.3. The van der Waals surface area contributed by atoms with Crippen molar-refractivity contribution in [3.63, 3.8) is 0 Å². The fraction of sp³-hybridized carbons (Fsp3) is 0.304. The predicted molar refractivity (Wildman–Crippen MR) is 115 cm³/mol. The molecule has 0 heterocycles. The molecule has 0 spiro atoms. The molecule has 2 rings (SSSR count). The lowest BCUT2D eigenvalue weighted by molar-refractivity contribution is -0.274. The van der Waals surface area contributed by atoms with Crippen molar-refractivity contribution < 1.29 is 37.3 Å². The maximum absolute atomic E-state index is 12.7. The van der Waals surface area contributed by atoms with Crippen LogP contribution in [-0.2, 0) is 11.2 Å². The largest absolute Gasteiger partial charge is 0.573 e. The molecule has 0 aliphatic rings. The Morgan fingerprint density at radius 2 is 1.67 bits per heavy atom. The van der Waals surface area contributed by atoms with Gasteiger partial charge in [0.05, 0.1) is 12.4 Å². The predicted octanol–water partition coefficient (Wildman–Crippen LogP) is 3.34. The standard InChI is InChI=1S/C23H25F3N2O5/c1-3-15(2)32-18-10-6-17(7-11-18)21(30)28-20(22(31)27-12-13-29)14-16-4-8-19(9-5-16)33-23(24,25)26/h3-11,20,29H,12-14H2,1-2H3,(H,27,31)(H,28,30)/b15-3+. The second-order valence-electron chi connectivity index (χ2n) is 6.96. The number of alkyl halides is 3. The zero-order valence-corrected chi connectivity index (χ0v) is 18.1. The third-order valence-corrected chi connectivity index (χ3v) is 4.43. The van der Waals surface area contributed by atoms with Crippen LogP contribution in [0.4, 0.5) is 13.2 Å². The third kappa shape index (κ3) is 8.85. The first-order chi connectivity index (χ1) is 15.6. The molecule has 3 N–H and O–H groups in total. The van der Waals surface area contributed by atoms with Crippen molar-refractivity contribution in [2.24, 2.45) is 0 Å². The minimum absolute atomic E-state index is 0.0109. The van der Waals surface area contributed by atoms with Crippen LogP contribution >= 0.6 is 0 Å². The third-order valence-electron chi connectivity index (χ3n) is 4.43. The molecular formula is C23H25F3N2O5. The van der Waals surface area contributed by atoms with E-state index in [1.165, 1.54) is 12.1 Å². The summed E-state index contributed by atoms with van der Waals surface area (Å²) in [6.45, 7) is 3.32. The van der Waals surface area contributed by atoms with Crippen LogP contribution in [0.3, 0.4) is 0 Å². The number of rotatable bonds is 10. The Kier molecular flexibility index (Phi) is 9.29. The lowest BCUT2D eigenvalue weighted by atomic mass is 10.0. The van der Waals surface area contributed by atoms with E-state index in [2.05, 4.69) is 15.4 Å². The van der Waals surface area contributed by atoms with Gasteiger partial charge in [-0.05, 0) is 61.9 Å². The van der Waals surface area contributed by atoms with E-state index in [9.17, 15) is 22.8 Å². The lowest BCUT2D eigenvalue weighted by Gasteiger charge is -2.19. The normalized spacial score (nSPS) is 12.6. The summed E-state index contributed by atoms with van der Waals surface area (Å²) in [5, 5.41) is 14.1. The van der Waals surface area contributed by atoms with Gasteiger partial charge in [-0.1, -0.05) is 12.1 Å². The molecule has 0 saturated heterocycles. The van der Waals surface area contributed by atoms with Crippen LogP contribution in [0.2, 0.25) is 0 Å². The molecule has 2 amide bonds. The summed E-state index contributed by atoms with van der Waals surface area (Å²) in [5.74, 6) is -0.228. The van der Waals surface area contributed by atoms with Gasteiger partial charge in [-0.3, -0.25) is 9.59 Å². The van der Waals surface area contributed by atoms with Crippen molar-refractivity contribution in [3.05, 3.63) is 71.5 Å². The van der Waals surface area contributed by atoms with Crippen LogP contribution in [0, 0.1) is 0 Å². The molecule has 0 aromatic heterocycles. The van der Waals surface area contributed by atoms with Crippen LogP contribution in [0.1, 0.15) is 29.8 Å². The maximum atomic E-state index is 12.7. The molecule has 7 nitrogen and oxygen atoms in total. The minimum Gasteiger partial charge on any atom is -0.462 e. The zero-order valence-electron chi connectivity index (χ0n) is 18.1. The summed E-state index contributed by atoms with van der Waals surface area (Å²) in [4.78, 5) is 25.2. The second-order valence-corrected chi connectivity index (χ2v) is 6.96. The number of aliphatic hydroxyl groups is 1. The highest BCUT2D eigenvalue weighted by Gasteiger charge is 2.31. The van der Waals surface area contributed by atoms with Gasteiger partial charge < -0.3 is 25.2 Å². The highest BCUT2D eigenvalue weighted by Crippen LogP contribution is 2.23. The first-order valence-corrected chi connectivity index (χ1v) is 10.1. The average Bonchev–Trinajstić information content (AvgIpc) is 2.77. The Balaban J connectivity index is 2.11. The number of amides is 2. The van der Waals surface area contributed by atoms with Gasteiger partial charge in [0, 0.05) is 18.5 Å². The van der Waals surface area contributed by atoms with Crippen LogP contribution in [0.15, 0.2) is 60.4 Å². The Bertz CT molecular complexity index is 958. The molecule has 0 aliphatic heterocycles. The van der Waals surface area contributed by atoms with Crippen molar-refractivity contribution in [1.82, 2.24) is 10.6 Å². The fourth-order valence-electron chi connectivity index (χ4n) is 2.74. The van der Waals surface area contributed by atoms with Crippen LogP contribution in [-0.4, -0.2) is 42.5 Å². The number of carbonyl (C=O) groups excluding carboxylic acids is 2. The molecule has 33 heavy (non-hydrogen) atoms. The van der Waals surface area contributed by atoms with Gasteiger partial charge in [0.25, 0.3) is 5.91 Å². The van der Waals surface area contributed by atoms with E-state index >= 15 is 0 Å². The Morgan fingerprint density at radius 1 is 1.06 bits per heavy atom. The van der Waals surface area contributed by atoms with Gasteiger partial charge in [-0.2, -0.15) is 0 Å². The molecule has 1 unspecified atom stereocenters. The quantitative estimate of drug-likeness (QED) is 0.467. The molecule has 0 aliphatic carbocycles. The number of hydrogen-bond donors (Lipinski definition) is 3. The molecule has 0 bridgehead atoms. The number of carbonyl (C=O) groups is 2. The number of nitrogens with one attached hydrogen (secondary N) is 2. The van der Waals surface area contributed by atoms with Crippen molar-refractivity contribution >= 4 is 11.8 Å². The first-order valence-electron chi connectivity index (χ1n) is 10.1. The highest BCUT2D eigenvalue weighted by molar-refractivity contribution is 5.97. The second kappa shape index (κ2) is 11.9. The number of allylic oxidation sites excluding steroid dienone is 2. The van der Waals surface area contributed by atoms with Gasteiger partial charge in [0.2, 0.25) is 5.91 Å². The Hall–Kier alpha value is -3.53. The molecule has 0 saturated carbocycles. The molecule has 178 valence electrons. The van der Waals surface area contributed by atoms with E-state index in [1.807, 2.05) is 6.92 Å². The van der Waals surface area contributed by atoms with Crippen LogP contribution in [0.25, 0.3) is 0 Å². The number of benzene rings is 2. The Labute approximate surface area is 189 Å². The maximum Gasteiger partial charge on any atom is 0.573 e. The van der Waals surface area contributed by atoms with Crippen LogP contribution < -0.4 is 20.1 Å². The monoisotopic (exact) mass is 466 g/mol. The van der Waals surface area contributed by atoms with E-state index in [4.69, 9.17) is 9.84 Å². The summed E-state index contributed by atoms with van der Waals surface area (Å²) in [6.07, 6.45) is -3.01. The summed E-state index contributed by atoms with van der Waals surface area (Å²) < 4.78 is 46.4. The summed E-state index contributed by atoms with van der Waals surface area (Å²) in [7, 11) is 0. The van der Waals surface area contributed by atoms with Gasteiger partial charge >= 0.3 is 6.36 Å². The molecule has 2 aromatic rings. The molecule has 1 atom stereocenters. The summed E-state index contributed by atoms with van der Waals surface area (Å²) >= 11 is 0. The first kappa shape index (κ1) is 25.7. The average molecular weight is 466 g/mol. The molecular weight excluding hydrogens is 441 g/mol. The molecule has 2 aromatic carbocycles. The van der Waals surface area contributed by atoms with E-state index in [0.29, 0.717) is 17.1 Å². The summed E-state index contributed by atoms with van der Waals surface area (Å²) in [5.41, 5.74) is 0.786. The van der Waals surface area contributed by atoms with Gasteiger partial charge in [0.1, 0.15) is 17.5 Å². The SMILES string of the molecule is C/C=C(\C)Oc1ccc(C(=O)NC(Cc2ccc(OC(F)(F)F)cc2)C(=O)NCCO)cc1. The van der Waals surface area contributed by atoms with E-state index < -0.39 is 30.0 Å². The Morgan fingerprint density at radius 3 is 2.21 bits per heavy atom. The lowest BCUT2D eigenvalue weighted by Crippen LogP contribution is -2.48. The van der Waals surface area contributed by atoms with Crippen molar-refractivity contribution in [2.75, 3.05) is 13.2 Å². The van der Waals surface area contributed by atoms with E-state index in [0.717, 1.165) is 12.1 Å². The van der Waals surface area contributed by atoms with Gasteiger partial charge in [0.15, 0.2) is 0 Å². The highest BCUT2D eigenvalue weighted by atomic mass is 19.4. The zero-order chi connectivity index (χ0) is 24.4. The molecule has 0 radical (unpaired) electrons. The fourth-order valence-corrected chi connectivity index (χ4v) is 2.74. The van der Waals surface area contributed by atoms with E-state index in [1.54, 1.807) is 37.3 Å². The number of ether oxygens (including phenoxy) is 2. The van der Waals surface area contributed by atoms with Crippen molar-refractivity contribution in [1.29, 1.82) is 0 Å². The van der Waals surface area contributed by atoms with Crippen molar-refractivity contribution in [2.45, 2.75) is 32.7 Å². The molecule has 0 fully saturated rings. The van der Waals surface area contributed by atoms with Gasteiger partial charge in [-0.15, -0.1) is 13.2 Å². The van der Waals surface area contributed by atoms with E-state index in [-0.39, 0.29) is 25.1 Å². The number of halogens is 3. The number of hydrogen-bond acceptors (Lipinski definition) is 5. The molecule has 10 heteroatoms. The van der Waals surface area contributed by atoms with Crippen molar-refractivity contribution in [3.8, 4) is 11.5 Å². The van der Waals surface area contributed by atoms with Crippen LogP contribution in [0.5, 0.6) is 11.5 Å². The topological polar surface area (TPSA) is 96.9 Å². The minimum atomic E-state index is -4.81. The smallest absolute Gasteiger partial charge is 0.462 e. The van der Waals surface area contributed by atoms with Gasteiger partial charge in [-0.25, -0.2) is 0 Å². The number of aliphatic hydroxyl groups excluding tert-OH is 1.